The molecule has 0 aromatic carbocycles. The summed E-state index contributed by atoms with van der Waals surface area (Å²) < 4.78 is 6.55. The lowest BCUT2D eigenvalue weighted by atomic mass is 10.3. The first-order chi connectivity index (χ1) is 17.9. The Morgan fingerprint density at radius 3 is 2.38 bits per heavy atom. The minimum absolute atomic E-state index is 0.169. The summed E-state index contributed by atoms with van der Waals surface area (Å²) in [5, 5.41) is 8.78. The summed E-state index contributed by atoms with van der Waals surface area (Å²) in [6.45, 7) is 3.31. The number of anilines is 3. The van der Waals surface area contributed by atoms with Crippen molar-refractivity contribution in [2.75, 3.05) is 62.1 Å². The number of amides is 1. The van der Waals surface area contributed by atoms with Crippen molar-refractivity contribution in [1.29, 1.82) is 0 Å². The van der Waals surface area contributed by atoms with Crippen molar-refractivity contribution in [3.63, 3.8) is 0 Å². The van der Waals surface area contributed by atoms with Gasteiger partial charge in [-0.1, -0.05) is 0 Å². The number of nitrogens with zero attached hydrogens (tertiary/aromatic N) is 9. The molecule has 1 aliphatic heterocycles. The van der Waals surface area contributed by atoms with Crippen LogP contribution >= 0.6 is 11.3 Å². The van der Waals surface area contributed by atoms with E-state index >= 15 is 0 Å². The first-order valence-corrected chi connectivity index (χ1v) is 12.3. The molecule has 0 saturated carbocycles. The van der Waals surface area contributed by atoms with E-state index < -0.39 is 5.91 Å². The Labute approximate surface area is 216 Å². The number of hydrogen-bond acceptors (Lipinski definition) is 13. The molecule has 1 amide bonds. The van der Waals surface area contributed by atoms with Crippen LogP contribution in [0.25, 0.3) is 21.6 Å². The monoisotopic (exact) mass is 522 g/mol. The summed E-state index contributed by atoms with van der Waals surface area (Å²) in [6, 6.07) is 2.05. The Balaban J connectivity index is 1.47. The number of nitrogens with one attached hydrogen (secondary N) is 1. The van der Waals surface area contributed by atoms with E-state index in [1.807, 2.05) is 37.0 Å². The van der Waals surface area contributed by atoms with Gasteiger partial charge in [0, 0.05) is 63.9 Å². The Morgan fingerprint density at radius 2 is 1.73 bits per heavy atom. The molecule has 1 saturated heterocycles. The van der Waals surface area contributed by atoms with Crippen LogP contribution in [0, 0.1) is 0 Å². The van der Waals surface area contributed by atoms with Gasteiger partial charge < -0.3 is 19.4 Å². The van der Waals surface area contributed by atoms with Crippen molar-refractivity contribution in [3.8, 4) is 11.4 Å². The fraction of sp³-hybridized carbons (Fsp3) is 0.348. The molecular formula is C23H26N10O3S. The van der Waals surface area contributed by atoms with Crippen molar-refractivity contribution in [2.24, 2.45) is 0 Å². The molecule has 192 valence electrons. The van der Waals surface area contributed by atoms with E-state index in [1.165, 1.54) is 12.4 Å². The number of thiophene rings is 1. The average Bonchev–Trinajstić information content (AvgIpc) is 3.35. The maximum Gasteiger partial charge on any atom is 0.277 e. The zero-order valence-electron chi connectivity index (χ0n) is 20.6. The maximum absolute atomic E-state index is 11.5. The molecule has 0 unspecified atom stereocenters. The van der Waals surface area contributed by atoms with Crippen LogP contribution in [0.5, 0.6) is 0 Å². The minimum atomic E-state index is -0.662. The molecule has 1 fully saturated rings. The fourth-order valence-electron chi connectivity index (χ4n) is 3.83. The Bertz CT molecular complexity index is 1390. The molecule has 37 heavy (non-hydrogen) atoms. The van der Waals surface area contributed by atoms with Crippen molar-refractivity contribution >= 4 is 45.2 Å². The molecule has 0 radical (unpaired) electrons. The van der Waals surface area contributed by atoms with E-state index in [9.17, 15) is 4.79 Å². The predicted octanol–water partition coefficient (Wildman–Crippen LogP) is 1.60. The van der Waals surface area contributed by atoms with Gasteiger partial charge in [-0.3, -0.25) is 10.0 Å². The molecule has 4 aromatic rings. The van der Waals surface area contributed by atoms with Crippen molar-refractivity contribution in [1.82, 2.24) is 35.4 Å². The first kappa shape index (κ1) is 24.7. The van der Waals surface area contributed by atoms with Gasteiger partial charge in [-0.05, 0) is 6.07 Å². The summed E-state index contributed by atoms with van der Waals surface area (Å²) in [5.41, 5.74) is 3.33. The van der Waals surface area contributed by atoms with E-state index in [0.29, 0.717) is 37.5 Å². The van der Waals surface area contributed by atoms with Gasteiger partial charge in [0.05, 0.1) is 41.1 Å². The third-order valence-electron chi connectivity index (χ3n) is 5.75. The van der Waals surface area contributed by atoms with Gasteiger partial charge in [0.15, 0.2) is 11.6 Å². The molecule has 13 nitrogen and oxygen atoms in total. The van der Waals surface area contributed by atoms with E-state index in [-0.39, 0.29) is 5.56 Å². The summed E-state index contributed by atoms with van der Waals surface area (Å²) in [7, 11) is 5.65. The lowest BCUT2D eigenvalue weighted by Gasteiger charge is -2.28. The topological polar surface area (TPSA) is 146 Å². The van der Waals surface area contributed by atoms with Gasteiger partial charge in [-0.25, -0.2) is 35.4 Å². The fourth-order valence-corrected chi connectivity index (χ4v) is 5.00. The van der Waals surface area contributed by atoms with Crippen LogP contribution in [0.1, 0.15) is 15.2 Å². The molecule has 1 aliphatic rings. The van der Waals surface area contributed by atoms with E-state index in [1.54, 1.807) is 29.2 Å². The number of ether oxygens (including phenoxy) is 1. The molecule has 0 bridgehead atoms. The van der Waals surface area contributed by atoms with Gasteiger partial charge in [0.1, 0.15) is 0 Å². The van der Waals surface area contributed by atoms with Gasteiger partial charge in [0.2, 0.25) is 11.9 Å². The summed E-state index contributed by atoms with van der Waals surface area (Å²) >= 11 is 1.62. The van der Waals surface area contributed by atoms with Crippen LogP contribution in [0.4, 0.5) is 17.7 Å². The average molecular weight is 523 g/mol. The second-order valence-corrected chi connectivity index (χ2v) is 9.77. The number of aromatic nitrogens is 6. The number of morpholine rings is 1. The largest absolute Gasteiger partial charge is 0.378 e. The molecule has 2 N–H and O–H groups in total. The smallest absolute Gasteiger partial charge is 0.277 e. The highest BCUT2D eigenvalue weighted by atomic mass is 32.1. The van der Waals surface area contributed by atoms with Gasteiger partial charge in [-0.15, -0.1) is 11.3 Å². The molecule has 4 aromatic heterocycles. The van der Waals surface area contributed by atoms with Gasteiger partial charge >= 0.3 is 0 Å². The first-order valence-electron chi connectivity index (χ1n) is 11.5. The molecule has 0 atom stereocenters. The van der Waals surface area contributed by atoms with Crippen LogP contribution in [-0.4, -0.2) is 88.5 Å². The number of carbonyl (C=O) groups excluding carboxylic acids is 1. The third-order valence-corrected chi connectivity index (χ3v) is 6.85. The summed E-state index contributed by atoms with van der Waals surface area (Å²) in [4.78, 5) is 45.6. The van der Waals surface area contributed by atoms with Gasteiger partial charge in [0.25, 0.3) is 5.91 Å². The normalized spacial score (nSPS) is 13.6. The quantitative estimate of drug-likeness (QED) is 0.268. The van der Waals surface area contributed by atoms with Crippen LogP contribution in [0.3, 0.4) is 0 Å². The zero-order chi connectivity index (χ0) is 25.9. The van der Waals surface area contributed by atoms with Crippen LogP contribution < -0.4 is 20.2 Å². The highest BCUT2D eigenvalue weighted by molar-refractivity contribution is 7.19. The van der Waals surface area contributed by atoms with Crippen LogP contribution in [-0.2, 0) is 11.3 Å². The molecular weight excluding hydrogens is 496 g/mol. The van der Waals surface area contributed by atoms with Crippen LogP contribution in [0.2, 0.25) is 0 Å². The number of rotatable bonds is 7. The zero-order valence-corrected chi connectivity index (χ0v) is 21.4. The van der Waals surface area contributed by atoms with E-state index in [2.05, 4.69) is 24.8 Å². The number of carbonyl (C=O) groups is 1. The predicted molar refractivity (Wildman–Crippen MR) is 139 cm³/mol. The minimum Gasteiger partial charge on any atom is -0.378 e. The lowest BCUT2D eigenvalue weighted by Crippen LogP contribution is -2.36. The molecule has 0 aliphatic carbocycles. The van der Waals surface area contributed by atoms with Crippen LogP contribution in [0.15, 0.2) is 30.9 Å². The number of fused-ring (bicyclic) bond motifs is 1. The molecule has 5 heterocycles. The van der Waals surface area contributed by atoms with E-state index in [0.717, 1.165) is 39.6 Å². The molecule has 14 heteroatoms. The lowest BCUT2D eigenvalue weighted by molar-refractivity contribution is 0.0705. The van der Waals surface area contributed by atoms with E-state index in [4.69, 9.17) is 19.9 Å². The SMILES string of the molecule is CN(C)c1ncc(-c2nc(N3CCOCC3)c3sc(CN(C)c4ncc(C(=O)NO)cn4)cc3n2)cn1. The Morgan fingerprint density at radius 1 is 1.05 bits per heavy atom. The van der Waals surface area contributed by atoms with Crippen molar-refractivity contribution < 1.29 is 14.7 Å². The van der Waals surface area contributed by atoms with Crippen molar-refractivity contribution in [3.05, 3.63) is 41.3 Å². The third kappa shape index (κ3) is 5.26. The second-order valence-electron chi connectivity index (χ2n) is 8.63. The second kappa shape index (κ2) is 10.5. The molecule has 5 rings (SSSR count). The Kier molecular flexibility index (Phi) is 7.03. The number of hydrogen-bond donors (Lipinski definition) is 2. The highest BCUT2D eigenvalue weighted by Gasteiger charge is 2.21. The summed E-state index contributed by atoms with van der Waals surface area (Å²) in [5.74, 6) is 1.84. The van der Waals surface area contributed by atoms with Gasteiger partial charge in [-0.2, -0.15) is 0 Å². The molecule has 0 spiro atoms. The highest BCUT2D eigenvalue weighted by Crippen LogP contribution is 2.35. The maximum atomic E-state index is 11.5. The number of hydroxylamine groups is 1. The Hall–Kier alpha value is -4.01. The summed E-state index contributed by atoms with van der Waals surface area (Å²) in [6.07, 6.45) is 6.22. The standard InChI is InChI=1S/C23H26N10O3S/c1-31(2)22-24-9-14(10-25-22)19-28-17-8-16(37-18(17)20(29-19)33-4-6-36-7-5-33)13-32(3)23-26-11-15(12-27-23)21(34)30-35/h8-12,35H,4-7,13H2,1-3H3,(H,30,34). The van der Waals surface area contributed by atoms with Crippen molar-refractivity contribution in [2.45, 2.75) is 6.54 Å².